The number of hydrogen-bond acceptors (Lipinski definition) is 5. The SMILES string of the molecule is CCCCCCCCCCCCCCCCCCCCCCCCCCCCCCCCCCC(=O)OC(CO)COC(=O)CCCCCCCCCCCCCCCCCCCCCCCCCCCCCCCCC. The Morgan fingerprint density at radius 2 is 0.403 bits per heavy atom. The van der Waals surface area contributed by atoms with Crippen molar-refractivity contribution in [2.24, 2.45) is 0 Å². The topological polar surface area (TPSA) is 72.8 Å². The van der Waals surface area contributed by atoms with Crippen LogP contribution in [-0.4, -0.2) is 36.4 Å². The van der Waals surface area contributed by atoms with E-state index in [-0.39, 0.29) is 25.2 Å². The van der Waals surface area contributed by atoms with Gasteiger partial charge in [0.15, 0.2) is 6.10 Å². The fourth-order valence-corrected chi connectivity index (χ4v) is 11.7. The van der Waals surface area contributed by atoms with Crippen molar-refractivity contribution in [3.8, 4) is 0 Å². The zero-order chi connectivity index (χ0) is 55.5. The maximum absolute atomic E-state index is 12.4. The minimum absolute atomic E-state index is 0.0552. The number of aliphatic hydroxyl groups excluding tert-OH is 1. The van der Waals surface area contributed by atoms with Crippen molar-refractivity contribution in [3.05, 3.63) is 0 Å². The molecule has 5 heteroatoms. The molecule has 0 saturated heterocycles. The van der Waals surface area contributed by atoms with E-state index in [9.17, 15) is 14.7 Å². The van der Waals surface area contributed by atoms with Gasteiger partial charge in [-0.15, -0.1) is 0 Å². The van der Waals surface area contributed by atoms with E-state index >= 15 is 0 Å². The Morgan fingerprint density at radius 1 is 0.247 bits per heavy atom. The smallest absolute Gasteiger partial charge is 0.306 e. The summed E-state index contributed by atoms with van der Waals surface area (Å²) in [4.78, 5) is 24.7. The molecule has 77 heavy (non-hydrogen) atoms. The van der Waals surface area contributed by atoms with Gasteiger partial charge in [-0.1, -0.05) is 406 Å². The van der Waals surface area contributed by atoms with Crippen molar-refractivity contribution >= 4 is 11.9 Å². The number of carbonyl (C=O) groups excluding carboxylic acids is 2. The van der Waals surface area contributed by atoms with Crippen LogP contribution in [0, 0.1) is 0 Å². The largest absolute Gasteiger partial charge is 0.462 e. The third-order valence-electron chi connectivity index (χ3n) is 17.2. The van der Waals surface area contributed by atoms with Crippen LogP contribution in [0.25, 0.3) is 0 Å². The van der Waals surface area contributed by atoms with Crippen molar-refractivity contribution in [2.45, 2.75) is 437 Å². The molecule has 5 nitrogen and oxygen atoms in total. The van der Waals surface area contributed by atoms with E-state index in [2.05, 4.69) is 13.8 Å². The average Bonchev–Trinajstić information content (AvgIpc) is 3.43. The molecule has 0 rings (SSSR count). The first kappa shape index (κ1) is 75.9. The molecule has 0 aliphatic heterocycles. The molecule has 0 bridgehead atoms. The van der Waals surface area contributed by atoms with E-state index in [1.165, 1.54) is 372 Å². The summed E-state index contributed by atoms with van der Waals surface area (Å²) in [6.07, 6.45) is 87.4. The van der Waals surface area contributed by atoms with Gasteiger partial charge in [0.1, 0.15) is 6.61 Å². The second-order valence-electron chi connectivity index (χ2n) is 25.0. The van der Waals surface area contributed by atoms with Gasteiger partial charge in [-0.2, -0.15) is 0 Å². The molecule has 0 aromatic rings. The van der Waals surface area contributed by atoms with Crippen LogP contribution in [0.3, 0.4) is 0 Å². The lowest BCUT2D eigenvalue weighted by molar-refractivity contribution is -0.161. The molecule has 1 atom stereocenters. The summed E-state index contributed by atoms with van der Waals surface area (Å²) in [5.74, 6) is -0.557. The Morgan fingerprint density at radius 3 is 0.571 bits per heavy atom. The first-order valence-electron chi connectivity index (χ1n) is 36.1. The van der Waals surface area contributed by atoms with E-state index < -0.39 is 6.10 Å². The molecule has 0 fully saturated rings. The molecule has 0 heterocycles. The maximum atomic E-state index is 12.4. The predicted molar refractivity (Wildman–Crippen MR) is 339 cm³/mol. The number of aliphatic hydroxyl groups is 1. The normalized spacial score (nSPS) is 12.0. The second kappa shape index (κ2) is 69.2. The summed E-state index contributed by atoms with van der Waals surface area (Å²) in [5, 5.41) is 9.70. The summed E-state index contributed by atoms with van der Waals surface area (Å²) in [6.45, 7) is 4.23. The highest BCUT2D eigenvalue weighted by Gasteiger charge is 2.16. The summed E-state index contributed by atoms with van der Waals surface area (Å²) in [5.41, 5.74) is 0. The average molecular weight is 1090 g/mol. The third kappa shape index (κ3) is 67.3. The minimum Gasteiger partial charge on any atom is -0.462 e. The molecule has 0 saturated carbocycles. The van der Waals surface area contributed by atoms with Crippen LogP contribution in [0.2, 0.25) is 0 Å². The zero-order valence-electron chi connectivity index (χ0n) is 53.0. The highest BCUT2D eigenvalue weighted by Crippen LogP contribution is 2.20. The number of hydrogen-bond donors (Lipinski definition) is 1. The Bertz CT molecular complexity index is 1090. The van der Waals surface area contributed by atoms with Gasteiger partial charge in [-0.05, 0) is 12.8 Å². The van der Waals surface area contributed by atoms with Gasteiger partial charge in [0.25, 0.3) is 0 Å². The number of rotatable bonds is 69. The van der Waals surface area contributed by atoms with Crippen LogP contribution in [0.5, 0.6) is 0 Å². The van der Waals surface area contributed by atoms with E-state index in [4.69, 9.17) is 9.47 Å². The zero-order valence-corrected chi connectivity index (χ0v) is 53.0. The second-order valence-corrected chi connectivity index (χ2v) is 25.0. The lowest BCUT2D eigenvalue weighted by Gasteiger charge is -2.15. The highest BCUT2D eigenvalue weighted by molar-refractivity contribution is 5.70. The Hall–Kier alpha value is -1.10. The van der Waals surface area contributed by atoms with Crippen molar-refractivity contribution in [2.75, 3.05) is 13.2 Å². The van der Waals surface area contributed by atoms with Crippen molar-refractivity contribution in [1.29, 1.82) is 0 Å². The molecular weight excluding hydrogens is 945 g/mol. The Labute approximate surface area is 484 Å². The monoisotopic (exact) mass is 1090 g/mol. The van der Waals surface area contributed by atoms with Gasteiger partial charge < -0.3 is 14.6 Å². The Balaban J connectivity index is 3.34. The summed E-state index contributed by atoms with van der Waals surface area (Å²) >= 11 is 0. The van der Waals surface area contributed by atoms with Crippen LogP contribution in [0.15, 0.2) is 0 Å². The summed E-state index contributed by atoms with van der Waals surface area (Å²) < 4.78 is 10.8. The van der Waals surface area contributed by atoms with Crippen LogP contribution >= 0.6 is 0 Å². The standard InChI is InChI=1S/C72H142O5/c1-3-5-7-9-11-13-15-17-19-21-23-25-27-29-31-33-35-37-39-41-43-45-47-49-51-53-55-57-59-61-63-65-67-72(75)77-70(68-73)69-76-71(74)66-64-62-60-58-56-54-52-50-48-46-44-42-40-38-36-34-32-30-28-26-24-22-20-18-16-14-12-10-8-6-4-2/h70,73H,3-69H2,1-2H3. The van der Waals surface area contributed by atoms with Gasteiger partial charge in [0.05, 0.1) is 6.61 Å². The lowest BCUT2D eigenvalue weighted by Crippen LogP contribution is -2.28. The van der Waals surface area contributed by atoms with Gasteiger partial charge in [-0.25, -0.2) is 0 Å². The van der Waals surface area contributed by atoms with Crippen LogP contribution in [0.4, 0.5) is 0 Å². The summed E-state index contributed by atoms with van der Waals surface area (Å²) in [7, 11) is 0. The summed E-state index contributed by atoms with van der Waals surface area (Å²) in [6, 6.07) is 0. The van der Waals surface area contributed by atoms with Crippen LogP contribution < -0.4 is 0 Å². The minimum atomic E-state index is -0.766. The van der Waals surface area contributed by atoms with E-state index in [0.29, 0.717) is 12.8 Å². The van der Waals surface area contributed by atoms with Gasteiger partial charge in [-0.3, -0.25) is 9.59 Å². The van der Waals surface area contributed by atoms with Crippen LogP contribution in [-0.2, 0) is 19.1 Å². The number of unbranched alkanes of at least 4 members (excludes halogenated alkanes) is 61. The number of ether oxygens (including phenoxy) is 2. The molecule has 0 aromatic carbocycles. The maximum Gasteiger partial charge on any atom is 0.306 e. The highest BCUT2D eigenvalue weighted by atomic mass is 16.6. The fraction of sp³-hybridized carbons (Fsp3) is 0.972. The molecule has 0 spiro atoms. The molecule has 0 aliphatic carbocycles. The lowest BCUT2D eigenvalue weighted by atomic mass is 10.0. The molecule has 460 valence electrons. The molecule has 0 aromatic heterocycles. The fourth-order valence-electron chi connectivity index (χ4n) is 11.7. The molecular formula is C72H142O5. The quantitative estimate of drug-likeness (QED) is 0.0485. The van der Waals surface area contributed by atoms with Gasteiger partial charge >= 0.3 is 11.9 Å². The van der Waals surface area contributed by atoms with Gasteiger partial charge in [0, 0.05) is 12.8 Å². The molecule has 0 aliphatic rings. The van der Waals surface area contributed by atoms with Crippen molar-refractivity contribution in [1.82, 2.24) is 0 Å². The first-order valence-corrected chi connectivity index (χ1v) is 36.1. The first-order chi connectivity index (χ1) is 38.1. The molecule has 0 amide bonds. The van der Waals surface area contributed by atoms with Crippen molar-refractivity contribution < 1.29 is 24.2 Å². The third-order valence-corrected chi connectivity index (χ3v) is 17.2. The van der Waals surface area contributed by atoms with E-state index in [1.807, 2.05) is 0 Å². The molecule has 1 unspecified atom stereocenters. The predicted octanol–water partition coefficient (Wildman–Crippen LogP) is 24.8. The molecule has 1 N–H and O–H groups in total. The Kier molecular flexibility index (Phi) is 68.2. The number of carbonyl (C=O) groups is 2. The molecule has 0 radical (unpaired) electrons. The van der Waals surface area contributed by atoms with Gasteiger partial charge in [0.2, 0.25) is 0 Å². The number of esters is 2. The van der Waals surface area contributed by atoms with Crippen LogP contribution in [0.1, 0.15) is 431 Å². The van der Waals surface area contributed by atoms with Crippen molar-refractivity contribution in [3.63, 3.8) is 0 Å². The van der Waals surface area contributed by atoms with E-state index in [1.54, 1.807) is 0 Å². The van der Waals surface area contributed by atoms with E-state index in [0.717, 1.165) is 32.1 Å².